The monoisotopic (exact) mass is 296 g/mol. The Morgan fingerprint density at radius 3 is 2.45 bits per heavy atom. The van der Waals surface area contributed by atoms with Crippen LogP contribution in [0.3, 0.4) is 0 Å². The van der Waals surface area contributed by atoms with Gasteiger partial charge in [0, 0.05) is 7.11 Å². The van der Waals surface area contributed by atoms with E-state index in [0.717, 1.165) is 32.8 Å². The molecule has 1 heterocycles. The standard InChI is InChI=1S/C16H25N2O.ClH/c1-13-9-14(2)16(15(3)10-13)11-18-6-5-17(12-18)7-8-19-4;/h9-10,12H,5-8,11H2,1-4H3;1H/q+1;/p-1. The van der Waals surface area contributed by atoms with E-state index in [4.69, 9.17) is 4.74 Å². The van der Waals surface area contributed by atoms with Crippen molar-refractivity contribution in [3.05, 3.63) is 34.4 Å². The summed E-state index contributed by atoms with van der Waals surface area (Å²) < 4.78 is 7.53. The van der Waals surface area contributed by atoms with Crippen molar-refractivity contribution in [2.75, 3.05) is 33.4 Å². The molecule has 0 bridgehead atoms. The molecule has 4 heteroatoms. The maximum Gasteiger partial charge on any atom is 0.234 e. The zero-order valence-electron chi connectivity index (χ0n) is 12.9. The Bertz CT molecular complexity index is 462. The van der Waals surface area contributed by atoms with Crippen LogP contribution < -0.4 is 12.4 Å². The molecule has 0 unspecified atom stereocenters. The summed E-state index contributed by atoms with van der Waals surface area (Å²) in [6, 6.07) is 4.56. The third kappa shape index (κ3) is 4.22. The van der Waals surface area contributed by atoms with Crippen LogP contribution in [0.4, 0.5) is 0 Å². The molecule has 20 heavy (non-hydrogen) atoms. The second-order valence-corrected chi connectivity index (χ2v) is 5.49. The minimum atomic E-state index is 0. The number of benzene rings is 1. The Hall–Kier alpha value is -1.06. The molecule has 0 saturated carbocycles. The highest BCUT2D eigenvalue weighted by molar-refractivity contribution is 5.50. The summed E-state index contributed by atoms with van der Waals surface area (Å²) >= 11 is 0. The first-order chi connectivity index (χ1) is 9.10. The van der Waals surface area contributed by atoms with Crippen LogP contribution in [0.25, 0.3) is 0 Å². The van der Waals surface area contributed by atoms with E-state index in [0.29, 0.717) is 0 Å². The van der Waals surface area contributed by atoms with E-state index < -0.39 is 0 Å². The highest BCUT2D eigenvalue weighted by Gasteiger charge is 2.19. The van der Waals surface area contributed by atoms with E-state index in [1.807, 2.05) is 0 Å². The quantitative estimate of drug-likeness (QED) is 0.656. The lowest BCUT2D eigenvalue weighted by atomic mass is 10.00. The molecule has 3 nitrogen and oxygen atoms in total. The maximum atomic E-state index is 5.13. The van der Waals surface area contributed by atoms with Gasteiger partial charge in [0.2, 0.25) is 6.34 Å². The molecule has 112 valence electrons. The van der Waals surface area contributed by atoms with Crippen molar-refractivity contribution in [2.24, 2.45) is 0 Å². The molecule has 0 amide bonds. The highest BCUT2D eigenvalue weighted by Crippen LogP contribution is 2.17. The largest absolute Gasteiger partial charge is 1.00 e. The van der Waals surface area contributed by atoms with Gasteiger partial charge in [-0.15, -0.1) is 0 Å². The smallest absolute Gasteiger partial charge is 0.234 e. The van der Waals surface area contributed by atoms with Crippen molar-refractivity contribution in [1.82, 2.24) is 4.90 Å². The topological polar surface area (TPSA) is 15.5 Å². The van der Waals surface area contributed by atoms with Crippen LogP contribution >= 0.6 is 0 Å². The van der Waals surface area contributed by atoms with Crippen LogP contribution in [0.1, 0.15) is 22.3 Å². The summed E-state index contributed by atoms with van der Waals surface area (Å²) in [6.07, 6.45) is 2.25. The Morgan fingerprint density at radius 2 is 1.85 bits per heavy atom. The van der Waals surface area contributed by atoms with Gasteiger partial charge in [-0.2, -0.15) is 0 Å². The maximum absolute atomic E-state index is 5.13. The average Bonchev–Trinajstić information content (AvgIpc) is 2.79. The summed E-state index contributed by atoms with van der Waals surface area (Å²) in [4.78, 5) is 2.34. The lowest BCUT2D eigenvalue weighted by molar-refractivity contribution is -0.530. The predicted molar refractivity (Wildman–Crippen MR) is 79.0 cm³/mol. The van der Waals surface area contributed by atoms with Crippen LogP contribution in [0.15, 0.2) is 12.1 Å². The normalized spacial score (nSPS) is 14.2. The summed E-state index contributed by atoms with van der Waals surface area (Å²) in [5, 5.41) is 0. The molecule has 2 rings (SSSR count). The number of hydrogen-bond acceptors (Lipinski definition) is 2. The fourth-order valence-corrected chi connectivity index (χ4v) is 2.76. The van der Waals surface area contributed by atoms with E-state index >= 15 is 0 Å². The van der Waals surface area contributed by atoms with Crippen molar-refractivity contribution in [2.45, 2.75) is 27.3 Å². The van der Waals surface area contributed by atoms with Crippen LogP contribution in [0.2, 0.25) is 0 Å². The number of rotatable bonds is 5. The van der Waals surface area contributed by atoms with Crippen molar-refractivity contribution >= 4 is 6.34 Å². The van der Waals surface area contributed by atoms with Gasteiger partial charge in [-0.25, -0.2) is 0 Å². The molecule has 0 aromatic heterocycles. The van der Waals surface area contributed by atoms with Gasteiger partial charge >= 0.3 is 0 Å². The van der Waals surface area contributed by atoms with Gasteiger partial charge in [-0.05, 0) is 37.5 Å². The molecule has 0 aliphatic carbocycles. The Labute approximate surface area is 128 Å². The van der Waals surface area contributed by atoms with Crippen LogP contribution in [0, 0.1) is 20.8 Å². The lowest BCUT2D eigenvalue weighted by Gasteiger charge is -2.10. The number of aryl methyl sites for hydroxylation is 3. The highest BCUT2D eigenvalue weighted by atomic mass is 35.5. The second-order valence-electron chi connectivity index (χ2n) is 5.49. The summed E-state index contributed by atoms with van der Waals surface area (Å²) in [5.74, 6) is 0. The average molecular weight is 297 g/mol. The number of methoxy groups -OCH3 is 1. The van der Waals surface area contributed by atoms with Gasteiger partial charge in [0.25, 0.3) is 0 Å². The van der Waals surface area contributed by atoms with Crippen molar-refractivity contribution < 1.29 is 21.7 Å². The zero-order chi connectivity index (χ0) is 13.8. The van der Waals surface area contributed by atoms with Crippen LogP contribution in [-0.2, 0) is 11.3 Å². The molecule has 0 saturated heterocycles. The molecule has 0 fully saturated rings. The van der Waals surface area contributed by atoms with Gasteiger partial charge in [-0.1, -0.05) is 17.7 Å². The second kappa shape index (κ2) is 7.65. The third-order valence-electron chi connectivity index (χ3n) is 3.79. The summed E-state index contributed by atoms with van der Waals surface area (Å²) in [6.45, 7) is 11.6. The van der Waals surface area contributed by atoms with Crippen molar-refractivity contribution in [1.29, 1.82) is 0 Å². The Kier molecular flexibility index (Phi) is 6.50. The number of hydrogen-bond donors (Lipinski definition) is 0. The molecule has 1 aliphatic heterocycles. The first kappa shape index (κ1) is 17.0. The molecule has 1 aliphatic rings. The van der Waals surface area contributed by atoms with E-state index in [-0.39, 0.29) is 12.4 Å². The zero-order valence-corrected chi connectivity index (χ0v) is 13.7. The molecule has 0 N–H and O–H groups in total. The SMILES string of the molecule is COCCN1C=[N+](Cc2c(C)cc(C)cc2C)CC1.[Cl-]. The summed E-state index contributed by atoms with van der Waals surface area (Å²) in [7, 11) is 1.76. The number of ether oxygens (including phenoxy) is 1. The number of halogens is 1. The molecule has 0 atom stereocenters. The van der Waals surface area contributed by atoms with E-state index in [1.165, 1.54) is 22.3 Å². The van der Waals surface area contributed by atoms with E-state index in [9.17, 15) is 0 Å². The minimum absolute atomic E-state index is 0. The van der Waals surface area contributed by atoms with Gasteiger partial charge in [0.05, 0.1) is 6.61 Å². The third-order valence-corrected chi connectivity index (χ3v) is 3.79. The fraction of sp³-hybridized carbons (Fsp3) is 0.562. The van der Waals surface area contributed by atoms with Crippen molar-refractivity contribution in [3.63, 3.8) is 0 Å². The Morgan fingerprint density at radius 1 is 1.20 bits per heavy atom. The molecule has 1 aromatic carbocycles. The lowest BCUT2D eigenvalue weighted by Crippen LogP contribution is -3.00. The molecular formula is C16H25ClN2O. The predicted octanol–water partition coefficient (Wildman–Crippen LogP) is -0.881. The molecule has 0 radical (unpaired) electrons. The van der Waals surface area contributed by atoms with Gasteiger partial charge in [0.1, 0.15) is 26.2 Å². The molecular weight excluding hydrogens is 272 g/mol. The van der Waals surface area contributed by atoms with Crippen LogP contribution in [-0.4, -0.2) is 49.2 Å². The van der Waals surface area contributed by atoms with Gasteiger partial charge in [0.15, 0.2) is 0 Å². The van der Waals surface area contributed by atoms with E-state index in [2.05, 4.69) is 48.7 Å². The van der Waals surface area contributed by atoms with Crippen LogP contribution in [0.5, 0.6) is 0 Å². The summed E-state index contributed by atoms with van der Waals surface area (Å²) in [5.41, 5.74) is 5.63. The van der Waals surface area contributed by atoms with Gasteiger partial charge in [-0.3, -0.25) is 9.48 Å². The minimum Gasteiger partial charge on any atom is -1.00 e. The number of nitrogens with zero attached hydrogens (tertiary/aromatic N) is 2. The molecule has 1 aromatic rings. The van der Waals surface area contributed by atoms with Crippen molar-refractivity contribution in [3.8, 4) is 0 Å². The van der Waals surface area contributed by atoms with Gasteiger partial charge < -0.3 is 17.1 Å². The Balaban J connectivity index is 0.00000200. The fourth-order valence-electron chi connectivity index (χ4n) is 2.76. The van der Waals surface area contributed by atoms with E-state index in [1.54, 1.807) is 7.11 Å². The first-order valence-corrected chi connectivity index (χ1v) is 6.99. The first-order valence-electron chi connectivity index (χ1n) is 6.99. The molecule has 0 spiro atoms.